The number of thiol groups is 1. The molecule has 12 nitrogen and oxygen atoms in total. The average Bonchev–Trinajstić information content (AvgIpc) is 3.68. The van der Waals surface area contributed by atoms with Crippen LogP contribution in [0.1, 0.15) is 24.1 Å². The number of fused-ring (bicyclic) bond motifs is 1. The third-order valence-electron chi connectivity index (χ3n) is 6.68. The number of nitrogens with zero attached hydrogens (tertiary/aromatic N) is 2. The Hall–Kier alpha value is -3.84. The van der Waals surface area contributed by atoms with Crippen LogP contribution >= 0.6 is 12.6 Å². The lowest BCUT2D eigenvalue weighted by Gasteiger charge is -2.28. The van der Waals surface area contributed by atoms with Crippen molar-refractivity contribution >= 4 is 47.2 Å². The Morgan fingerprint density at radius 1 is 1.16 bits per heavy atom. The maximum atomic E-state index is 13.2. The number of carbonyl (C=O) groups excluding carboxylic acids is 3. The van der Waals surface area contributed by atoms with Crippen LogP contribution in [-0.4, -0.2) is 85.1 Å². The number of benzene rings is 1. The Bertz CT molecular complexity index is 1290. The van der Waals surface area contributed by atoms with Gasteiger partial charge in [-0.2, -0.15) is 12.6 Å². The maximum absolute atomic E-state index is 13.2. The molecule has 202 valence electrons. The van der Waals surface area contributed by atoms with E-state index in [0.29, 0.717) is 31.5 Å². The molecule has 0 spiro atoms. The zero-order chi connectivity index (χ0) is 27.2. The minimum absolute atomic E-state index is 0.00642. The predicted molar refractivity (Wildman–Crippen MR) is 142 cm³/mol. The number of para-hydroxylation sites is 1. The van der Waals surface area contributed by atoms with Gasteiger partial charge < -0.3 is 36.3 Å². The average molecular weight is 542 g/mol. The Labute approximate surface area is 224 Å². The molecule has 7 N–H and O–H groups in total. The number of hydrogen-bond acceptors (Lipinski definition) is 7. The zero-order valence-corrected chi connectivity index (χ0v) is 21.5. The van der Waals surface area contributed by atoms with Crippen LogP contribution in [0.2, 0.25) is 0 Å². The first-order valence-corrected chi connectivity index (χ1v) is 12.9. The predicted octanol–water partition coefficient (Wildman–Crippen LogP) is -0.0215. The van der Waals surface area contributed by atoms with Gasteiger partial charge in [0, 0.05) is 47.7 Å². The van der Waals surface area contributed by atoms with E-state index in [0.717, 1.165) is 16.5 Å². The van der Waals surface area contributed by atoms with Crippen molar-refractivity contribution in [1.29, 1.82) is 0 Å². The molecule has 0 saturated carbocycles. The van der Waals surface area contributed by atoms with E-state index in [1.165, 1.54) is 17.4 Å². The third-order valence-corrected chi connectivity index (χ3v) is 7.04. The molecule has 4 unspecified atom stereocenters. The number of aromatic nitrogens is 3. The van der Waals surface area contributed by atoms with Gasteiger partial charge in [0.2, 0.25) is 17.7 Å². The van der Waals surface area contributed by atoms with Gasteiger partial charge in [-0.1, -0.05) is 18.2 Å². The van der Waals surface area contributed by atoms with Crippen molar-refractivity contribution < 1.29 is 24.3 Å². The van der Waals surface area contributed by atoms with Gasteiger partial charge in [-0.3, -0.25) is 14.4 Å². The number of nitrogens with two attached hydrogens (primary N) is 1. The SMILES string of the molecule is NC(Cc1c[nH]c2ccccc12)C(=O)N1CCCC1C(=O)NC(CS)C(=O)NC(Cc1cnc[nH]1)C(=O)O. The molecule has 1 fully saturated rings. The second-order valence-corrected chi connectivity index (χ2v) is 9.65. The molecule has 3 aromatic rings. The van der Waals surface area contributed by atoms with Crippen LogP contribution in [0.5, 0.6) is 0 Å². The number of nitrogens with one attached hydrogen (secondary N) is 4. The van der Waals surface area contributed by atoms with E-state index in [-0.39, 0.29) is 18.1 Å². The molecule has 3 amide bonds. The summed E-state index contributed by atoms with van der Waals surface area (Å²) in [6, 6.07) is 3.78. The van der Waals surface area contributed by atoms with Gasteiger partial charge in [0.15, 0.2) is 0 Å². The summed E-state index contributed by atoms with van der Waals surface area (Å²) in [7, 11) is 0. The van der Waals surface area contributed by atoms with Gasteiger partial charge in [0.1, 0.15) is 18.1 Å². The summed E-state index contributed by atoms with van der Waals surface area (Å²) in [6.07, 6.45) is 6.06. The molecule has 13 heteroatoms. The number of rotatable bonds is 11. The van der Waals surface area contributed by atoms with E-state index in [4.69, 9.17) is 5.73 Å². The molecule has 1 saturated heterocycles. The van der Waals surface area contributed by atoms with E-state index < -0.39 is 42.0 Å². The fraction of sp³-hybridized carbons (Fsp3) is 0.400. The van der Waals surface area contributed by atoms with Gasteiger partial charge in [-0.25, -0.2) is 9.78 Å². The first kappa shape index (κ1) is 27.2. The van der Waals surface area contributed by atoms with E-state index >= 15 is 0 Å². The molecule has 0 bridgehead atoms. The third kappa shape index (κ3) is 6.17. The van der Waals surface area contributed by atoms with Crippen molar-refractivity contribution in [3.63, 3.8) is 0 Å². The smallest absolute Gasteiger partial charge is 0.326 e. The first-order chi connectivity index (χ1) is 18.3. The largest absolute Gasteiger partial charge is 0.480 e. The van der Waals surface area contributed by atoms with Crippen molar-refractivity contribution in [2.24, 2.45) is 5.73 Å². The highest BCUT2D eigenvalue weighted by Gasteiger charge is 2.38. The zero-order valence-electron chi connectivity index (χ0n) is 20.6. The number of aromatic amines is 2. The minimum atomic E-state index is -1.23. The lowest BCUT2D eigenvalue weighted by molar-refractivity contribution is -0.142. The number of amides is 3. The first-order valence-electron chi connectivity index (χ1n) is 12.3. The highest BCUT2D eigenvalue weighted by atomic mass is 32.1. The number of hydrogen-bond donors (Lipinski definition) is 7. The molecule has 1 aliphatic heterocycles. The second-order valence-electron chi connectivity index (χ2n) is 9.28. The van der Waals surface area contributed by atoms with Crippen molar-refractivity contribution in [2.75, 3.05) is 12.3 Å². The summed E-state index contributed by atoms with van der Waals surface area (Å²) >= 11 is 4.17. The normalized spacial score (nSPS) is 17.6. The molecule has 3 heterocycles. The number of carboxylic acid groups (broad SMARTS) is 1. The van der Waals surface area contributed by atoms with Crippen LogP contribution in [0.25, 0.3) is 10.9 Å². The lowest BCUT2D eigenvalue weighted by Crippen LogP contribution is -2.57. The van der Waals surface area contributed by atoms with Crippen LogP contribution < -0.4 is 16.4 Å². The second kappa shape index (κ2) is 12.1. The number of carboxylic acids is 1. The highest BCUT2D eigenvalue weighted by molar-refractivity contribution is 7.80. The van der Waals surface area contributed by atoms with Crippen molar-refractivity contribution in [1.82, 2.24) is 30.5 Å². The highest BCUT2D eigenvalue weighted by Crippen LogP contribution is 2.22. The minimum Gasteiger partial charge on any atom is -0.480 e. The molecule has 0 radical (unpaired) electrons. The van der Waals surface area contributed by atoms with Crippen molar-refractivity contribution in [3.8, 4) is 0 Å². The molecular formula is C25H31N7O5S. The van der Waals surface area contributed by atoms with Crippen molar-refractivity contribution in [2.45, 2.75) is 49.9 Å². The quantitative estimate of drug-likeness (QED) is 0.166. The van der Waals surface area contributed by atoms with E-state index in [9.17, 15) is 24.3 Å². The van der Waals surface area contributed by atoms with Gasteiger partial charge in [-0.15, -0.1) is 0 Å². The lowest BCUT2D eigenvalue weighted by atomic mass is 10.0. The van der Waals surface area contributed by atoms with Gasteiger partial charge in [0.05, 0.1) is 12.4 Å². The Kier molecular flexibility index (Phi) is 8.69. The molecule has 4 atom stereocenters. The van der Waals surface area contributed by atoms with Crippen LogP contribution in [0.4, 0.5) is 0 Å². The molecular weight excluding hydrogens is 510 g/mol. The van der Waals surface area contributed by atoms with Crippen LogP contribution in [0.15, 0.2) is 43.0 Å². The Balaban J connectivity index is 1.37. The van der Waals surface area contributed by atoms with Crippen LogP contribution in [0.3, 0.4) is 0 Å². The van der Waals surface area contributed by atoms with Gasteiger partial charge in [0.25, 0.3) is 0 Å². The summed E-state index contributed by atoms with van der Waals surface area (Å²) in [6.45, 7) is 0.377. The topological polar surface area (TPSA) is 186 Å². The summed E-state index contributed by atoms with van der Waals surface area (Å²) < 4.78 is 0. The molecule has 0 aliphatic carbocycles. The molecule has 1 aromatic carbocycles. The Morgan fingerprint density at radius 2 is 1.95 bits per heavy atom. The van der Waals surface area contributed by atoms with Crippen LogP contribution in [-0.2, 0) is 32.0 Å². The Morgan fingerprint density at radius 3 is 2.66 bits per heavy atom. The summed E-state index contributed by atoms with van der Waals surface area (Å²) in [5.74, 6) is -2.83. The molecule has 4 rings (SSSR count). The maximum Gasteiger partial charge on any atom is 0.326 e. The number of aliphatic carboxylic acids is 1. The standard InChI is InChI=1S/C25H31N7O5S/c26-17(8-14-10-28-18-5-2-1-4-16(14)18)24(35)32-7-3-6-21(32)23(34)31-20(12-38)22(33)30-19(25(36)37)9-15-11-27-13-29-15/h1-2,4-5,10-11,13,17,19-21,28,38H,3,6-9,12,26H2,(H,27,29)(H,30,33)(H,31,34)(H,36,37). The molecule has 1 aliphatic rings. The monoisotopic (exact) mass is 541 g/mol. The summed E-state index contributed by atoms with van der Waals surface area (Å²) in [5.41, 5.74) is 8.68. The van der Waals surface area contributed by atoms with E-state index in [1.807, 2.05) is 30.5 Å². The fourth-order valence-corrected chi connectivity index (χ4v) is 4.95. The van der Waals surface area contributed by atoms with Crippen LogP contribution in [0, 0.1) is 0 Å². The van der Waals surface area contributed by atoms with Gasteiger partial charge >= 0.3 is 5.97 Å². The summed E-state index contributed by atoms with van der Waals surface area (Å²) in [5, 5.41) is 15.6. The number of imidazole rings is 1. The number of likely N-dealkylation sites (tertiary alicyclic amines) is 1. The fourth-order valence-electron chi connectivity index (χ4n) is 4.69. The molecule has 2 aromatic heterocycles. The molecule has 38 heavy (non-hydrogen) atoms. The van der Waals surface area contributed by atoms with E-state index in [1.54, 1.807) is 0 Å². The number of H-pyrrole nitrogens is 2. The van der Waals surface area contributed by atoms with E-state index in [2.05, 4.69) is 38.2 Å². The summed E-state index contributed by atoms with van der Waals surface area (Å²) in [4.78, 5) is 62.1. The van der Waals surface area contributed by atoms with Gasteiger partial charge in [-0.05, 0) is 30.9 Å². The number of carbonyl (C=O) groups is 4. The van der Waals surface area contributed by atoms with Crippen molar-refractivity contribution in [3.05, 3.63) is 54.2 Å².